The molecular formula is C18H24N4O2. The smallest absolute Gasteiger partial charge is 0.321 e. The molecule has 1 atom stereocenters. The van der Waals surface area contributed by atoms with E-state index in [0.29, 0.717) is 5.92 Å². The molecule has 1 N–H and O–H groups in total. The summed E-state index contributed by atoms with van der Waals surface area (Å²) in [5, 5.41) is 7.18. The van der Waals surface area contributed by atoms with E-state index in [0.717, 1.165) is 42.9 Å². The summed E-state index contributed by atoms with van der Waals surface area (Å²) in [5.41, 5.74) is 3.04. The zero-order valence-electron chi connectivity index (χ0n) is 14.5. The number of hydrogen-bond acceptors (Lipinski definition) is 3. The first kappa shape index (κ1) is 16.4. The Morgan fingerprint density at radius 1 is 1.46 bits per heavy atom. The minimum Gasteiger partial charge on any atom is -0.496 e. The molecule has 1 aromatic heterocycles. The molecule has 0 radical (unpaired) electrons. The van der Waals surface area contributed by atoms with E-state index in [9.17, 15) is 4.79 Å². The Hall–Kier alpha value is -2.50. The Morgan fingerprint density at radius 2 is 2.29 bits per heavy atom. The van der Waals surface area contributed by atoms with E-state index in [2.05, 4.69) is 10.4 Å². The maximum atomic E-state index is 12.4. The van der Waals surface area contributed by atoms with Gasteiger partial charge in [-0.25, -0.2) is 4.79 Å². The van der Waals surface area contributed by atoms with Crippen molar-refractivity contribution in [3.05, 3.63) is 41.7 Å². The number of anilines is 1. The Labute approximate surface area is 142 Å². The first-order valence-corrected chi connectivity index (χ1v) is 8.23. The Morgan fingerprint density at radius 3 is 2.96 bits per heavy atom. The van der Waals surface area contributed by atoms with Gasteiger partial charge in [-0.05, 0) is 55.0 Å². The van der Waals surface area contributed by atoms with Gasteiger partial charge in [0.25, 0.3) is 0 Å². The number of ether oxygens (including phenoxy) is 1. The summed E-state index contributed by atoms with van der Waals surface area (Å²) in [4.78, 5) is 14.3. The van der Waals surface area contributed by atoms with Crippen LogP contribution in [0.3, 0.4) is 0 Å². The number of carbonyl (C=O) groups excluding carboxylic acids is 1. The Balaban J connectivity index is 1.55. The number of carbonyl (C=O) groups is 1. The number of nitrogens with one attached hydrogen (secondary N) is 1. The second-order valence-corrected chi connectivity index (χ2v) is 6.44. The van der Waals surface area contributed by atoms with Crippen molar-refractivity contribution in [1.82, 2.24) is 14.7 Å². The molecule has 128 valence electrons. The summed E-state index contributed by atoms with van der Waals surface area (Å²) in [6.45, 7) is 3.55. The van der Waals surface area contributed by atoms with Crippen LogP contribution in [0.1, 0.15) is 17.5 Å². The second kappa shape index (κ2) is 6.95. The third-order valence-electron chi connectivity index (χ3n) is 4.50. The molecule has 0 saturated carbocycles. The quantitative estimate of drug-likeness (QED) is 0.939. The van der Waals surface area contributed by atoms with Gasteiger partial charge >= 0.3 is 6.03 Å². The number of aryl methyl sites for hydroxylation is 2. The van der Waals surface area contributed by atoms with Gasteiger partial charge in [-0.2, -0.15) is 5.10 Å². The van der Waals surface area contributed by atoms with Crippen LogP contribution in [0.5, 0.6) is 5.75 Å². The predicted molar refractivity (Wildman–Crippen MR) is 93.3 cm³/mol. The van der Waals surface area contributed by atoms with Crippen LogP contribution >= 0.6 is 0 Å². The summed E-state index contributed by atoms with van der Waals surface area (Å²) in [6.07, 6.45) is 5.95. The van der Waals surface area contributed by atoms with Crippen molar-refractivity contribution in [2.75, 3.05) is 25.5 Å². The SMILES string of the molecule is COc1ccc(NC(=O)N2CC[C@H](Cc3cnn(C)c3)C2)cc1C. The summed E-state index contributed by atoms with van der Waals surface area (Å²) in [6, 6.07) is 5.64. The normalized spacial score (nSPS) is 17.1. The van der Waals surface area contributed by atoms with Crippen LogP contribution in [0.25, 0.3) is 0 Å². The molecule has 0 bridgehead atoms. The zero-order valence-corrected chi connectivity index (χ0v) is 14.5. The lowest BCUT2D eigenvalue weighted by molar-refractivity contribution is 0.221. The lowest BCUT2D eigenvalue weighted by Gasteiger charge is -2.18. The third-order valence-corrected chi connectivity index (χ3v) is 4.50. The zero-order chi connectivity index (χ0) is 17.1. The number of urea groups is 1. The number of benzene rings is 1. The fraction of sp³-hybridized carbons (Fsp3) is 0.444. The molecule has 1 saturated heterocycles. The standard InChI is InChI=1S/C18H24N4O2/c1-13-8-16(4-5-17(13)24-3)20-18(23)22-7-6-14(12-22)9-15-10-19-21(2)11-15/h4-5,8,10-11,14H,6-7,9,12H2,1-3H3,(H,20,23)/t14-/m1/s1. The van der Waals surface area contributed by atoms with Gasteiger partial charge in [0.1, 0.15) is 5.75 Å². The predicted octanol–water partition coefficient (Wildman–Crippen LogP) is 2.83. The van der Waals surface area contributed by atoms with Crippen molar-refractivity contribution in [3.63, 3.8) is 0 Å². The summed E-state index contributed by atoms with van der Waals surface area (Å²) in [5.74, 6) is 1.32. The van der Waals surface area contributed by atoms with E-state index >= 15 is 0 Å². The fourth-order valence-corrected chi connectivity index (χ4v) is 3.25. The molecule has 1 aliphatic heterocycles. The van der Waals surface area contributed by atoms with Crippen LogP contribution < -0.4 is 10.1 Å². The van der Waals surface area contributed by atoms with Gasteiger partial charge in [0, 0.05) is 32.0 Å². The second-order valence-electron chi connectivity index (χ2n) is 6.44. The lowest BCUT2D eigenvalue weighted by atomic mass is 10.0. The van der Waals surface area contributed by atoms with E-state index in [1.54, 1.807) is 7.11 Å². The summed E-state index contributed by atoms with van der Waals surface area (Å²) >= 11 is 0. The number of likely N-dealkylation sites (tertiary alicyclic amines) is 1. The van der Waals surface area contributed by atoms with Crippen molar-refractivity contribution in [2.24, 2.45) is 13.0 Å². The Kier molecular flexibility index (Phi) is 4.74. The highest BCUT2D eigenvalue weighted by Crippen LogP contribution is 2.24. The Bertz CT molecular complexity index is 726. The molecule has 2 amide bonds. The highest BCUT2D eigenvalue weighted by molar-refractivity contribution is 5.89. The minimum absolute atomic E-state index is 0.0340. The molecule has 1 aromatic carbocycles. The van der Waals surface area contributed by atoms with Crippen LogP contribution in [0.4, 0.5) is 10.5 Å². The first-order chi connectivity index (χ1) is 11.5. The molecule has 3 rings (SSSR count). The van der Waals surface area contributed by atoms with Gasteiger partial charge in [0.15, 0.2) is 0 Å². The number of rotatable bonds is 4. The van der Waals surface area contributed by atoms with Crippen molar-refractivity contribution in [2.45, 2.75) is 19.8 Å². The molecule has 0 aliphatic carbocycles. The molecule has 24 heavy (non-hydrogen) atoms. The molecule has 1 fully saturated rings. The molecule has 0 spiro atoms. The van der Waals surface area contributed by atoms with Gasteiger partial charge in [-0.15, -0.1) is 0 Å². The first-order valence-electron chi connectivity index (χ1n) is 8.23. The van der Waals surface area contributed by atoms with Crippen molar-refractivity contribution >= 4 is 11.7 Å². The third kappa shape index (κ3) is 3.69. The number of nitrogens with zero attached hydrogens (tertiary/aromatic N) is 3. The number of amides is 2. The maximum Gasteiger partial charge on any atom is 0.321 e. The monoisotopic (exact) mass is 328 g/mol. The largest absolute Gasteiger partial charge is 0.496 e. The van der Waals surface area contributed by atoms with E-state index in [1.165, 1.54) is 5.56 Å². The van der Waals surface area contributed by atoms with E-state index in [-0.39, 0.29) is 6.03 Å². The number of methoxy groups -OCH3 is 1. The van der Waals surface area contributed by atoms with Crippen LogP contribution in [0, 0.1) is 12.8 Å². The molecule has 0 unspecified atom stereocenters. The maximum absolute atomic E-state index is 12.4. The molecular weight excluding hydrogens is 304 g/mol. The van der Waals surface area contributed by atoms with E-state index in [1.807, 2.05) is 54.1 Å². The van der Waals surface area contributed by atoms with Crippen LogP contribution in [0.15, 0.2) is 30.6 Å². The van der Waals surface area contributed by atoms with Crippen LogP contribution in [0.2, 0.25) is 0 Å². The summed E-state index contributed by atoms with van der Waals surface area (Å²) in [7, 11) is 3.57. The average molecular weight is 328 g/mol. The topological polar surface area (TPSA) is 59.4 Å². The highest BCUT2D eigenvalue weighted by atomic mass is 16.5. The summed E-state index contributed by atoms with van der Waals surface area (Å²) < 4.78 is 7.07. The van der Waals surface area contributed by atoms with Crippen molar-refractivity contribution in [1.29, 1.82) is 0 Å². The van der Waals surface area contributed by atoms with Crippen LogP contribution in [-0.4, -0.2) is 40.9 Å². The molecule has 6 nitrogen and oxygen atoms in total. The lowest BCUT2D eigenvalue weighted by Crippen LogP contribution is -2.33. The fourth-order valence-electron chi connectivity index (χ4n) is 3.25. The van der Waals surface area contributed by atoms with Gasteiger partial charge in [0.05, 0.1) is 13.3 Å². The molecule has 2 heterocycles. The van der Waals surface area contributed by atoms with Crippen LogP contribution in [-0.2, 0) is 13.5 Å². The molecule has 6 heteroatoms. The molecule has 2 aromatic rings. The molecule has 1 aliphatic rings. The van der Waals surface area contributed by atoms with Gasteiger partial charge < -0.3 is 15.0 Å². The minimum atomic E-state index is -0.0340. The van der Waals surface area contributed by atoms with E-state index in [4.69, 9.17) is 4.74 Å². The van der Waals surface area contributed by atoms with Crippen molar-refractivity contribution in [3.8, 4) is 5.75 Å². The average Bonchev–Trinajstić information content (AvgIpc) is 3.17. The van der Waals surface area contributed by atoms with Gasteiger partial charge in [-0.1, -0.05) is 0 Å². The van der Waals surface area contributed by atoms with E-state index < -0.39 is 0 Å². The van der Waals surface area contributed by atoms with Gasteiger partial charge in [0.2, 0.25) is 0 Å². The highest BCUT2D eigenvalue weighted by Gasteiger charge is 2.26. The van der Waals surface area contributed by atoms with Gasteiger partial charge in [-0.3, -0.25) is 4.68 Å². The van der Waals surface area contributed by atoms with Crippen molar-refractivity contribution < 1.29 is 9.53 Å². The number of hydrogen-bond donors (Lipinski definition) is 1. The number of aromatic nitrogens is 2.